The van der Waals surface area contributed by atoms with E-state index in [2.05, 4.69) is 25.7 Å². The average Bonchev–Trinajstić information content (AvgIpc) is 3.30. The normalized spacial score (nSPS) is 10.8. The largest absolute Gasteiger partial charge is 0.340 e. The van der Waals surface area contributed by atoms with E-state index >= 15 is 0 Å². The summed E-state index contributed by atoms with van der Waals surface area (Å²) in [4.78, 5) is 20.5. The highest BCUT2D eigenvalue weighted by molar-refractivity contribution is 6.02. The SMILES string of the molecule is O=C(C=Cc1ccccc1)Nc1ccc(Nc2cc(-n3cccn3)ncn2)cc1. The zero-order chi connectivity index (χ0) is 19.9. The van der Waals surface area contributed by atoms with E-state index in [0.29, 0.717) is 17.3 Å². The Bertz CT molecular complexity index is 1110. The Labute approximate surface area is 167 Å². The molecule has 2 aromatic heterocycles. The second-order valence-corrected chi connectivity index (χ2v) is 6.15. The standard InChI is InChI=1S/C22H18N6O/c29-22(12-7-17-5-2-1-3-6-17)27-19-10-8-18(9-11-19)26-20-15-21(24-16-23-20)28-14-4-13-25-28/h1-16H,(H,27,29)(H,23,24,26). The molecule has 0 bridgehead atoms. The van der Waals surface area contributed by atoms with E-state index in [9.17, 15) is 4.79 Å². The number of hydrogen-bond donors (Lipinski definition) is 2. The van der Waals surface area contributed by atoms with Gasteiger partial charge >= 0.3 is 0 Å². The van der Waals surface area contributed by atoms with E-state index in [1.165, 1.54) is 12.4 Å². The van der Waals surface area contributed by atoms with Crippen LogP contribution in [0.3, 0.4) is 0 Å². The van der Waals surface area contributed by atoms with Crippen LogP contribution in [-0.4, -0.2) is 25.7 Å². The Hall–Kier alpha value is -4.26. The molecule has 0 saturated carbocycles. The van der Waals surface area contributed by atoms with Crippen LogP contribution in [-0.2, 0) is 4.79 Å². The van der Waals surface area contributed by atoms with Crippen LogP contribution in [0.25, 0.3) is 11.9 Å². The first-order valence-corrected chi connectivity index (χ1v) is 8.99. The van der Waals surface area contributed by atoms with Gasteiger partial charge < -0.3 is 10.6 Å². The molecule has 7 nitrogen and oxygen atoms in total. The maximum atomic E-state index is 12.1. The van der Waals surface area contributed by atoms with Crippen LogP contribution in [0.15, 0.2) is 91.5 Å². The average molecular weight is 382 g/mol. The Morgan fingerprint density at radius 3 is 2.48 bits per heavy atom. The summed E-state index contributed by atoms with van der Waals surface area (Å²) in [5, 5.41) is 10.2. The molecule has 0 aliphatic carbocycles. The van der Waals surface area contributed by atoms with Crippen molar-refractivity contribution in [2.45, 2.75) is 0 Å². The van der Waals surface area contributed by atoms with Crippen molar-refractivity contribution in [1.82, 2.24) is 19.7 Å². The van der Waals surface area contributed by atoms with E-state index < -0.39 is 0 Å². The molecule has 2 N–H and O–H groups in total. The number of nitrogens with one attached hydrogen (secondary N) is 2. The smallest absolute Gasteiger partial charge is 0.248 e. The van der Waals surface area contributed by atoms with Gasteiger partial charge in [0.25, 0.3) is 0 Å². The zero-order valence-electron chi connectivity index (χ0n) is 15.4. The fourth-order valence-corrected chi connectivity index (χ4v) is 2.65. The van der Waals surface area contributed by atoms with Crippen molar-refractivity contribution in [3.8, 4) is 5.82 Å². The molecule has 0 saturated heterocycles. The summed E-state index contributed by atoms with van der Waals surface area (Å²) in [6.07, 6.45) is 8.27. The fourth-order valence-electron chi connectivity index (χ4n) is 2.65. The van der Waals surface area contributed by atoms with Crippen LogP contribution in [0, 0.1) is 0 Å². The minimum Gasteiger partial charge on any atom is -0.340 e. The van der Waals surface area contributed by atoms with Gasteiger partial charge in [-0.05, 0) is 42.0 Å². The van der Waals surface area contributed by atoms with Gasteiger partial charge in [0.15, 0.2) is 5.82 Å². The van der Waals surface area contributed by atoms with Crippen molar-refractivity contribution in [2.24, 2.45) is 0 Å². The summed E-state index contributed by atoms with van der Waals surface area (Å²) in [5.41, 5.74) is 2.52. The summed E-state index contributed by atoms with van der Waals surface area (Å²) in [6, 6.07) is 20.7. The molecule has 0 radical (unpaired) electrons. The number of rotatable bonds is 6. The lowest BCUT2D eigenvalue weighted by Crippen LogP contribution is -2.07. The van der Waals surface area contributed by atoms with Gasteiger partial charge in [0, 0.05) is 35.9 Å². The van der Waals surface area contributed by atoms with Crippen LogP contribution < -0.4 is 10.6 Å². The molecule has 2 aromatic carbocycles. The Morgan fingerprint density at radius 2 is 1.72 bits per heavy atom. The zero-order valence-corrected chi connectivity index (χ0v) is 15.4. The number of carbonyl (C=O) groups excluding carboxylic acids is 1. The molecule has 142 valence electrons. The molecular weight excluding hydrogens is 364 g/mol. The van der Waals surface area contributed by atoms with Crippen molar-refractivity contribution in [3.63, 3.8) is 0 Å². The van der Waals surface area contributed by atoms with Gasteiger partial charge in [-0.3, -0.25) is 4.79 Å². The topological polar surface area (TPSA) is 84.7 Å². The van der Waals surface area contributed by atoms with Gasteiger partial charge in [0.1, 0.15) is 12.1 Å². The molecule has 0 fully saturated rings. The van der Waals surface area contributed by atoms with Crippen LogP contribution in [0.2, 0.25) is 0 Å². The van der Waals surface area contributed by atoms with Crippen molar-refractivity contribution in [3.05, 3.63) is 97.1 Å². The minimum absolute atomic E-state index is 0.186. The predicted molar refractivity (Wildman–Crippen MR) is 113 cm³/mol. The lowest BCUT2D eigenvalue weighted by atomic mass is 10.2. The second-order valence-electron chi connectivity index (χ2n) is 6.15. The van der Waals surface area contributed by atoms with E-state index in [0.717, 1.165) is 11.3 Å². The lowest BCUT2D eigenvalue weighted by molar-refractivity contribution is -0.111. The Kier molecular flexibility index (Phi) is 5.39. The van der Waals surface area contributed by atoms with Crippen LogP contribution in [0.5, 0.6) is 0 Å². The number of nitrogens with zero attached hydrogens (tertiary/aromatic N) is 4. The summed E-state index contributed by atoms with van der Waals surface area (Å²) in [7, 11) is 0. The third-order valence-electron chi connectivity index (χ3n) is 4.04. The third-order valence-corrected chi connectivity index (χ3v) is 4.04. The monoisotopic (exact) mass is 382 g/mol. The molecule has 4 aromatic rings. The summed E-state index contributed by atoms with van der Waals surface area (Å²) in [6.45, 7) is 0. The van der Waals surface area contributed by atoms with Crippen molar-refractivity contribution in [2.75, 3.05) is 10.6 Å². The maximum absolute atomic E-state index is 12.1. The molecule has 0 aliphatic heterocycles. The first-order chi connectivity index (χ1) is 14.3. The Morgan fingerprint density at radius 1 is 0.931 bits per heavy atom. The molecule has 2 heterocycles. The van der Waals surface area contributed by atoms with E-state index in [-0.39, 0.29) is 5.91 Å². The fraction of sp³-hybridized carbons (Fsp3) is 0. The first kappa shape index (κ1) is 18.1. The van der Waals surface area contributed by atoms with Gasteiger partial charge in [-0.15, -0.1) is 0 Å². The third kappa shape index (κ3) is 4.92. The maximum Gasteiger partial charge on any atom is 0.248 e. The van der Waals surface area contributed by atoms with Gasteiger partial charge in [0.05, 0.1) is 0 Å². The van der Waals surface area contributed by atoms with E-state index in [4.69, 9.17) is 0 Å². The van der Waals surface area contributed by atoms with Gasteiger partial charge in [0.2, 0.25) is 5.91 Å². The molecule has 29 heavy (non-hydrogen) atoms. The number of hydrogen-bond acceptors (Lipinski definition) is 5. The molecular formula is C22H18N6O. The number of anilines is 3. The first-order valence-electron chi connectivity index (χ1n) is 8.99. The molecule has 4 rings (SSSR count). The van der Waals surface area contributed by atoms with Crippen LogP contribution in [0.1, 0.15) is 5.56 Å². The molecule has 0 aliphatic rings. The minimum atomic E-state index is -0.186. The molecule has 0 unspecified atom stereocenters. The van der Waals surface area contributed by atoms with Crippen LogP contribution in [0.4, 0.5) is 17.2 Å². The molecule has 0 atom stereocenters. The number of carbonyl (C=O) groups is 1. The van der Waals surface area contributed by atoms with Crippen molar-refractivity contribution >= 4 is 29.2 Å². The van der Waals surface area contributed by atoms with Crippen molar-refractivity contribution in [1.29, 1.82) is 0 Å². The summed E-state index contributed by atoms with van der Waals surface area (Å²) >= 11 is 0. The van der Waals surface area contributed by atoms with E-state index in [1.807, 2.05) is 66.9 Å². The highest BCUT2D eigenvalue weighted by atomic mass is 16.1. The quantitative estimate of drug-likeness (QED) is 0.491. The summed E-state index contributed by atoms with van der Waals surface area (Å²) < 4.78 is 1.66. The number of aromatic nitrogens is 4. The number of benzene rings is 2. The van der Waals surface area contributed by atoms with Crippen molar-refractivity contribution < 1.29 is 4.79 Å². The van der Waals surface area contributed by atoms with Gasteiger partial charge in [-0.1, -0.05) is 30.3 Å². The second kappa shape index (κ2) is 8.62. The highest BCUT2D eigenvalue weighted by Crippen LogP contribution is 2.18. The lowest BCUT2D eigenvalue weighted by Gasteiger charge is -2.08. The Balaban J connectivity index is 1.37. The number of amides is 1. The van der Waals surface area contributed by atoms with Crippen LogP contribution >= 0.6 is 0 Å². The predicted octanol–water partition coefficient (Wildman–Crippen LogP) is 4.06. The molecule has 1 amide bonds. The summed E-state index contributed by atoms with van der Waals surface area (Å²) in [5.74, 6) is 1.13. The van der Waals surface area contributed by atoms with Gasteiger partial charge in [-0.25, -0.2) is 14.6 Å². The highest BCUT2D eigenvalue weighted by Gasteiger charge is 2.03. The van der Waals surface area contributed by atoms with Gasteiger partial charge in [-0.2, -0.15) is 5.10 Å². The molecule has 0 spiro atoms. The molecule has 7 heteroatoms. The van der Waals surface area contributed by atoms with E-state index in [1.54, 1.807) is 23.0 Å².